The third kappa shape index (κ3) is 5.35. The Morgan fingerprint density at radius 3 is 1.70 bits per heavy atom. The summed E-state index contributed by atoms with van der Waals surface area (Å²) in [6.45, 7) is 0. The fourth-order valence-electron chi connectivity index (χ4n) is 4.17. The predicted molar refractivity (Wildman–Crippen MR) is 152 cm³/mol. The van der Waals surface area contributed by atoms with E-state index in [0.717, 1.165) is 28.1 Å². The van der Waals surface area contributed by atoms with Crippen molar-refractivity contribution in [2.45, 2.75) is 4.90 Å². The maximum Gasteiger partial charge on any atom is 0.295 e. The van der Waals surface area contributed by atoms with Crippen LogP contribution in [0.1, 0.15) is 11.1 Å². The molecule has 10 heteroatoms. The van der Waals surface area contributed by atoms with E-state index in [1.807, 2.05) is 84.9 Å². The molecule has 0 atom stereocenters. The van der Waals surface area contributed by atoms with E-state index < -0.39 is 10.1 Å². The molecule has 2 heterocycles. The van der Waals surface area contributed by atoms with Gasteiger partial charge in [0.25, 0.3) is 10.1 Å². The van der Waals surface area contributed by atoms with E-state index in [-0.39, 0.29) is 4.90 Å². The summed E-state index contributed by atoms with van der Waals surface area (Å²) >= 11 is 0. The number of hydrogen-bond acceptors (Lipinski definition) is 6. The molecule has 0 aliphatic carbocycles. The van der Waals surface area contributed by atoms with Crippen LogP contribution in [0.15, 0.2) is 120 Å². The van der Waals surface area contributed by atoms with Crippen LogP contribution in [0.4, 0.5) is 0 Å². The van der Waals surface area contributed by atoms with Gasteiger partial charge in [0.1, 0.15) is 16.3 Å². The maximum atomic E-state index is 12.2. The molecule has 0 bridgehead atoms. The Labute approximate surface area is 230 Å². The molecule has 0 saturated heterocycles. The molecule has 196 valence electrons. The summed E-state index contributed by atoms with van der Waals surface area (Å²) in [5, 5.41) is 17.6. The van der Waals surface area contributed by atoms with Crippen LogP contribution in [-0.4, -0.2) is 43.0 Å². The molecule has 0 saturated carbocycles. The molecule has 0 spiro atoms. The standard InChI is InChI=1S/C30H22N6O3S/c37-40(38,39)30-19-27(36-32-21-29(34-36)24-9-5-2-6-10-24)18-15-25(30)14-11-22-12-16-26(17-13-22)35-31-20-28(33-35)23-7-3-1-4-8-23/h1-21H,(H,37,38,39)/b14-11+. The summed E-state index contributed by atoms with van der Waals surface area (Å²) in [6.07, 6.45) is 6.71. The molecule has 0 amide bonds. The lowest BCUT2D eigenvalue weighted by molar-refractivity contribution is 0.483. The van der Waals surface area contributed by atoms with Crippen molar-refractivity contribution in [3.63, 3.8) is 0 Å². The van der Waals surface area contributed by atoms with Gasteiger partial charge in [-0.25, -0.2) is 0 Å². The molecule has 0 radical (unpaired) electrons. The van der Waals surface area contributed by atoms with Gasteiger partial charge in [-0.05, 0) is 35.4 Å². The molecular formula is C30H22N6O3S. The first-order valence-corrected chi connectivity index (χ1v) is 13.7. The van der Waals surface area contributed by atoms with Gasteiger partial charge < -0.3 is 0 Å². The SMILES string of the molecule is O=S(=O)(O)c1cc(-n2ncc(-c3ccccc3)n2)ccc1/C=C/c1ccc(-n2ncc(-c3ccccc3)n2)cc1. The molecule has 0 unspecified atom stereocenters. The molecule has 2 aromatic heterocycles. The van der Waals surface area contributed by atoms with Gasteiger partial charge in [-0.1, -0.05) is 91.0 Å². The van der Waals surface area contributed by atoms with Crippen LogP contribution in [0.25, 0.3) is 46.0 Å². The zero-order chi connectivity index (χ0) is 27.5. The molecule has 0 aliphatic heterocycles. The Morgan fingerprint density at radius 2 is 1.15 bits per heavy atom. The van der Waals surface area contributed by atoms with Crippen molar-refractivity contribution in [3.05, 3.63) is 127 Å². The van der Waals surface area contributed by atoms with Gasteiger partial charge >= 0.3 is 0 Å². The van der Waals surface area contributed by atoms with Gasteiger partial charge in [0, 0.05) is 11.1 Å². The number of nitrogens with zero attached hydrogens (tertiary/aromatic N) is 6. The Hall–Kier alpha value is -5.19. The fraction of sp³-hybridized carbons (Fsp3) is 0. The van der Waals surface area contributed by atoms with Gasteiger partial charge in [-0.15, -0.1) is 10.2 Å². The van der Waals surface area contributed by atoms with Crippen molar-refractivity contribution in [1.29, 1.82) is 0 Å². The smallest absolute Gasteiger partial charge is 0.282 e. The minimum absolute atomic E-state index is 0.245. The number of benzene rings is 4. The van der Waals surface area contributed by atoms with E-state index in [1.165, 1.54) is 10.9 Å². The van der Waals surface area contributed by atoms with Crippen LogP contribution in [0, 0.1) is 0 Å². The highest BCUT2D eigenvalue weighted by Gasteiger charge is 2.17. The van der Waals surface area contributed by atoms with E-state index in [0.29, 0.717) is 16.9 Å². The number of rotatable bonds is 7. The van der Waals surface area contributed by atoms with Crippen molar-refractivity contribution in [1.82, 2.24) is 30.0 Å². The van der Waals surface area contributed by atoms with E-state index >= 15 is 0 Å². The highest BCUT2D eigenvalue weighted by atomic mass is 32.2. The van der Waals surface area contributed by atoms with E-state index in [2.05, 4.69) is 20.4 Å². The molecule has 40 heavy (non-hydrogen) atoms. The number of hydrogen-bond donors (Lipinski definition) is 1. The second-order valence-corrected chi connectivity index (χ2v) is 10.3. The van der Waals surface area contributed by atoms with Crippen LogP contribution in [0.2, 0.25) is 0 Å². The molecule has 4 aromatic carbocycles. The Morgan fingerprint density at radius 1 is 0.625 bits per heavy atom. The zero-order valence-corrected chi connectivity index (χ0v) is 21.8. The minimum Gasteiger partial charge on any atom is -0.282 e. The van der Waals surface area contributed by atoms with Gasteiger partial charge in [0.05, 0.1) is 23.8 Å². The topological polar surface area (TPSA) is 116 Å². The summed E-state index contributed by atoms with van der Waals surface area (Å²) in [6, 6.07) is 31.5. The van der Waals surface area contributed by atoms with Crippen LogP contribution in [-0.2, 0) is 10.1 Å². The first-order valence-electron chi connectivity index (χ1n) is 12.3. The molecule has 9 nitrogen and oxygen atoms in total. The molecule has 0 aliphatic rings. The minimum atomic E-state index is -4.52. The first-order chi connectivity index (χ1) is 19.4. The average Bonchev–Trinajstić information content (AvgIpc) is 3.68. The highest BCUT2D eigenvalue weighted by molar-refractivity contribution is 7.86. The zero-order valence-electron chi connectivity index (χ0n) is 21.0. The lowest BCUT2D eigenvalue weighted by atomic mass is 10.1. The van der Waals surface area contributed by atoms with Crippen molar-refractivity contribution < 1.29 is 13.0 Å². The summed E-state index contributed by atoms with van der Waals surface area (Å²) < 4.78 is 34.4. The molecular weight excluding hydrogens is 524 g/mol. The summed E-state index contributed by atoms with van der Waals surface area (Å²) in [4.78, 5) is 2.64. The maximum absolute atomic E-state index is 12.2. The van der Waals surface area contributed by atoms with Crippen molar-refractivity contribution >= 4 is 22.3 Å². The molecule has 0 fully saturated rings. The normalized spacial score (nSPS) is 11.7. The number of aromatic nitrogens is 6. The Kier molecular flexibility index (Phi) is 6.61. The first kappa shape index (κ1) is 25.1. The summed E-state index contributed by atoms with van der Waals surface area (Å²) in [5.74, 6) is 0. The van der Waals surface area contributed by atoms with E-state index in [4.69, 9.17) is 0 Å². The Bertz CT molecular complexity index is 1910. The fourth-order valence-corrected chi connectivity index (χ4v) is 4.87. The third-order valence-electron chi connectivity index (χ3n) is 6.21. The van der Waals surface area contributed by atoms with Crippen molar-refractivity contribution in [2.75, 3.05) is 0 Å². The molecule has 1 N–H and O–H groups in total. The van der Waals surface area contributed by atoms with Gasteiger partial charge in [0.15, 0.2) is 0 Å². The van der Waals surface area contributed by atoms with Gasteiger partial charge in [-0.3, -0.25) is 4.55 Å². The van der Waals surface area contributed by atoms with Crippen molar-refractivity contribution in [3.8, 4) is 33.9 Å². The summed E-state index contributed by atoms with van der Waals surface area (Å²) in [7, 11) is -4.52. The van der Waals surface area contributed by atoms with E-state index in [9.17, 15) is 13.0 Å². The predicted octanol–water partition coefficient (Wildman–Crippen LogP) is 5.60. The van der Waals surface area contributed by atoms with Crippen LogP contribution < -0.4 is 0 Å². The van der Waals surface area contributed by atoms with Gasteiger partial charge in [0.2, 0.25) is 0 Å². The quantitative estimate of drug-likeness (QED) is 0.205. The van der Waals surface area contributed by atoms with Gasteiger partial charge in [-0.2, -0.15) is 28.2 Å². The molecule has 6 aromatic rings. The second kappa shape index (κ2) is 10.5. The van der Waals surface area contributed by atoms with E-state index in [1.54, 1.807) is 41.5 Å². The van der Waals surface area contributed by atoms with Crippen LogP contribution in [0.5, 0.6) is 0 Å². The van der Waals surface area contributed by atoms with Crippen LogP contribution in [0.3, 0.4) is 0 Å². The lowest BCUT2D eigenvalue weighted by Gasteiger charge is -2.07. The monoisotopic (exact) mass is 546 g/mol. The van der Waals surface area contributed by atoms with Crippen LogP contribution >= 0.6 is 0 Å². The Balaban J connectivity index is 1.24. The lowest BCUT2D eigenvalue weighted by Crippen LogP contribution is -2.05. The second-order valence-electron chi connectivity index (χ2n) is 8.89. The summed E-state index contributed by atoms with van der Waals surface area (Å²) in [5.41, 5.74) is 5.61. The third-order valence-corrected chi connectivity index (χ3v) is 7.12. The highest BCUT2D eigenvalue weighted by Crippen LogP contribution is 2.24. The van der Waals surface area contributed by atoms with Crippen molar-refractivity contribution in [2.24, 2.45) is 0 Å². The average molecular weight is 547 g/mol. The molecule has 6 rings (SSSR count). The largest absolute Gasteiger partial charge is 0.295 e.